The van der Waals surface area contributed by atoms with Gasteiger partial charge in [0.2, 0.25) is 0 Å². The summed E-state index contributed by atoms with van der Waals surface area (Å²) in [7, 11) is -0.799. The SMILES string of the molecule is C[C@@H]1C[C@@H](Nc2cccc(C[S@](C)=O)c2)CN1Cc1ccccc1. The molecule has 24 heavy (non-hydrogen) atoms. The summed E-state index contributed by atoms with van der Waals surface area (Å²) in [5.74, 6) is 0.622. The first-order chi connectivity index (χ1) is 11.6. The van der Waals surface area contributed by atoms with Crippen molar-refractivity contribution in [2.75, 3.05) is 18.1 Å². The third kappa shape index (κ3) is 4.68. The van der Waals surface area contributed by atoms with E-state index < -0.39 is 10.8 Å². The largest absolute Gasteiger partial charge is 0.381 e. The highest BCUT2D eigenvalue weighted by Crippen LogP contribution is 2.23. The number of benzene rings is 2. The molecule has 1 aliphatic rings. The molecule has 3 atom stereocenters. The van der Waals surface area contributed by atoms with Crippen molar-refractivity contribution in [1.29, 1.82) is 0 Å². The maximum absolute atomic E-state index is 11.4. The maximum atomic E-state index is 11.4. The van der Waals surface area contributed by atoms with Gasteiger partial charge in [-0.2, -0.15) is 0 Å². The monoisotopic (exact) mass is 342 g/mol. The molecule has 1 N–H and O–H groups in total. The van der Waals surface area contributed by atoms with Gasteiger partial charge in [0.25, 0.3) is 0 Å². The molecule has 0 aliphatic carbocycles. The Morgan fingerprint density at radius 1 is 1.12 bits per heavy atom. The van der Waals surface area contributed by atoms with Crippen LogP contribution in [0.25, 0.3) is 0 Å². The van der Waals surface area contributed by atoms with Crippen LogP contribution in [0.5, 0.6) is 0 Å². The average Bonchev–Trinajstić information content (AvgIpc) is 2.87. The Morgan fingerprint density at radius 2 is 1.88 bits per heavy atom. The summed E-state index contributed by atoms with van der Waals surface area (Å²) in [5.41, 5.74) is 3.64. The van der Waals surface area contributed by atoms with Crippen LogP contribution in [0, 0.1) is 0 Å². The first kappa shape index (κ1) is 17.2. The van der Waals surface area contributed by atoms with E-state index in [1.165, 1.54) is 5.56 Å². The minimum Gasteiger partial charge on any atom is -0.381 e. The number of likely N-dealkylation sites (tertiary alicyclic amines) is 1. The van der Waals surface area contributed by atoms with Crippen LogP contribution in [0.2, 0.25) is 0 Å². The van der Waals surface area contributed by atoms with E-state index >= 15 is 0 Å². The lowest BCUT2D eigenvalue weighted by atomic mass is 10.1. The molecule has 3 rings (SSSR count). The van der Waals surface area contributed by atoms with Gasteiger partial charge in [0, 0.05) is 53.7 Å². The quantitative estimate of drug-likeness (QED) is 0.870. The molecule has 4 heteroatoms. The standard InChI is InChI=1S/C20H26N2OS/c1-16-11-20(14-22(16)13-17-7-4-3-5-8-17)21-19-10-6-9-18(12-19)15-24(2)23/h3-10,12,16,20-21H,11,13-15H2,1-2H3/t16-,20-,24+/m1/s1. The van der Waals surface area contributed by atoms with Gasteiger partial charge in [-0.05, 0) is 36.6 Å². The molecule has 1 heterocycles. The average molecular weight is 343 g/mol. The lowest BCUT2D eigenvalue weighted by Gasteiger charge is -2.21. The Morgan fingerprint density at radius 3 is 2.62 bits per heavy atom. The Labute approximate surface area is 147 Å². The third-order valence-corrected chi connectivity index (χ3v) is 5.34. The molecule has 2 aromatic carbocycles. The summed E-state index contributed by atoms with van der Waals surface area (Å²) < 4.78 is 11.4. The normalized spacial score (nSPS) is 22.4. The van der Waals surface area contributed by atoms with Crippen LogP contribution in [0.4, 0.5) is 5.69 Å². The molecule has 1 aliphatic heterocycles. The van der Waals surface area contributed by atoms with Crippen LogP contribution in [-0.4, -0.2) is 34.0 Å². The molecule has 0 aromatic heterocycles. The molecule has 0 bridgehead atoms. The highest BCUT2D eigenvalue weighted by atomic mass is 32.2. The number of hydrogen-bond donors (Lipinski definition) is 1. The van der Waals surface area contributed by atoms with E-state index in [4.69, 9.17) is 0 Å². The summed E-state index contributed by atoms with van der Waals surface area (Å²) in [6.07, 6.45) is 2.90. The van der Waals surface area contributed by atoms with Crippen molar-refractivity contribution < 1.29 is 4.21 Å². The number of rotatable bonds is 6. The summed E-state index contributed by atoms with van der Waals surface area (Å²) in [6.45, 7) is 4.37. The highest BCUT2D eigenvalue weighted by Gasteiger charge is 2.28. The molecule has 0 saturated carbocycles. The maximum Gasteiger partial charge on any atom is 0.0483 e. The lowest BCUT2D eigenvalue weighted by molar-refractivity contribution is 0.259. The minimum atomic E-state index is -0.799. The number of nitrogens with zero attached hydrogens (tertiary/aromatic N) is 1. The summed E-state index contributed by atoms with van der Waals surface area (Å²) in [6, 6.07) is 20.0. The van der Waals surface area contributed by atoms with Crippen molar-refractivity contribution in [3.8, 4) is 0 Å². The van der Waals surface area contributed by atoms with Gasteiger partial charge in [-0.25, -0.2) is 0 Å². The zero-order chi connectivity index (χ0) is 16.9. The van der Waals surface area contributed by atoms with Crippen LogP contribution < -0.4 is 5.32 Å². The topological polar surface area (TPSA) is 32.3 Å². The molecule has 128 valence electrons. The molecule has 0 amide bonds. The van der Waals surface area contributed by atoms with E-state index in [9.17, 15) is 4.21 Å². The summed E-state index contributed by atoms with van der Waals surface area (Å²) in [5, 5.41) is 3.66. The molecular formula is C20H26N2OS. The molecule has 0 unspecified atom stereocenters. The molecule has 2 aromatic rings. The van der Waals surface area contributed by atoms with Crippen LogP contribution >= 0.6 is 0 Å². The van der Waals surface area contributed by atoms with E-state index in [-0.39, 0.29) is 0 Å². The Hall–Kier alpha value is -1.65. The van der Waals surface area contributed by atoms with Crippen molar-refractivity contribution >= 4 is 16.5 Å². The Kier molecular flexibility index (Phi) is 5.69. The number of hydrogen-bond acceptors (Lipinski definition) is 3. The second-order valence-electron chi connectivity index (χ2n) is 6.76. The summed E-state index contributed by atoms with van der Waals surface area (Å²) in [4.78, 5) is 2.54. The fourth-order valence-corrected chi connectivity index (χ4v) is 4.11. The Balaban J connectivity index is 1.60. The van der Waals surface area contributed by atoms with Crippen molar-refractivity contribution in [3.05, 3.63) is 65.7 Å². The van der Waals surface area contributed by atoms with Gasteiger partial charge in [-0.15, -0.1) is 0 Å². The Bertz CT molecular complexity index is 689. The van der Waals surface area contributed by atoms with Crippen molar-refractivity contribution in [2.45, 2.75) is 37.7 Å². The van der Waals surface area contributed by atoms with E-state index in [1.807, 2.05) is 12.1 Å². The van der Waals surface area contributed by atoms with Crippen LogP contribution in [0.3, 0.4) is 0 Å². The fraction of sp³-hybridized carbons (Fsp3) is 0.400. The van der Waals surface area contributed by atoms with E-state index in [2.05, 4.69) is 59.6 Å². The molecule has 3 nitrogen and oxygen atoms in total. The van der Waals surface area contributed by atoms with Gasteiger partial charge < -0.3 is 5.32 Å². The molecule has 1 fully saturated rings. The smallest absolute Gasteiger partial charge is 0.0483 e. The van der Waals surface area contributed by atoms with Gasteiger partial charge in [0.15, 0.2) is 0 Å². The zero-order valence-electron chi connectivity index (χ0n) is 14.4. The summed E-state index contributed by atoms with van der Waals surface area (Å²) >= 11 is 0. The molecule has 1 saturated heterocycles. The first-order valence-electron chi connectivity index (χ1n) is 8.53. The fourth-order valence-electron chi connectivity index (χ4n) is 3.46. The second kappa shape index (κ2) is 7.95. The third-order valence-electron chi connectivity index (χ3n) is 4.60. The first-order valence-corrected chi connectivity index (χ1v) is 10.3. The van der Waals surface area contributed by atoms with Gasteiger partial charge in [-0.1, -0.05) is 42.5 Å². The zero-order valence-corrected chi connectivity index (χ0v) is 15.3. The molecule has 0 spiro atoms. The molecule has 0 radical (unpaired) electrons. The number of anilines is 1. The van der Waals surface area contributed by atoms with Crippen molar-refractivity contribution in [2.24, 2.45) is 0 Å². The van der Waals surface area contributed by atoms with Gasteiger partial charge in [0.1, 0.15) is 0 Å². The predicted octanol–water partition coefficient (Wildman–Crippen LogP) is 3.64. The number of nitrogens with one attached hydrogen (secondary N) is 1. The minimum absolute atomic E-state index is 0.464. The van der Waals surface area contributed by atoms with E-state index in [0.29, 0.717) is 17.8 Å². The van der Waals surface area contributed by atoms with Gasteiger partial charge in [-0.3, -0.25) is 9.11 Å². The lowest BCUT2D eigenvalue weighted by Crippen LogP contribution is -2.28. The van der Waals surface area contributed by atoms with Crippen LogP contribution in [0.15, 0.2) is 54.6 Å². The van der Waals surface area contributed by atoms with E-state index in [0.717, 1.165) is 30.8 Å². The van der Waals surface area contributed by atoms with Crippen molar-refractivity contribution in [1.82, 2.24) is 4.90 Å². The predicted molar refractivity (Wildman–Crippen MR) is 103 cm³/mol. The van der Waals surface area contributed by atoms with E-state index in [1.54, 1.807) is 6.26 Å². The highest BCUT2D eigenvalue weighted by molar-refractivity contribution is 7.83. The van der Waals surface area contributed by atoms with Gasteiger partial charge in [0.05, 0.1) is 0 Å². The van der Waals surface area contributed by atoms with Crippen LogP contribution in [-0.2, 0) is 23.1 Å². The van der Waals surface area contributed by atoms with Crippen LogP contribution in [0.1, 0.15) is 24.5 Å². The molecular weight excluding hydrogens is 316 g/mol. The second-order valence-corrected chi connectivity index (χ2v) is 8.19. The van der Waals surface area contributed by atoms with Gasteiger partial charge >= 0.3 is 0 Å². The van der Waals surface area contributed by atoms with Crippen molar-refractivity contribution in [3.63, 3.8) is 0 Å².